The first-order valence-electron chi connectivity index (χ1n) is 11.6. The van der Waals surface area contributed by atoms with Crippen molar-refractivity contribution in [2.75, 3.05) is 13.1 Å². The maximum Gasteiger partial charge on any atom is 0.339 e. The van der Waals surface area contributed by atoms with Gasteiger partial charge in [-0.25, -0.2) is 9.18 Å². The van der Waals surface area contributed by atoms with E-state index in [0.29, 0.717) is 48.6 Å². The van der Waals surface area contributed by atoms with Gasteiger partial charge >= 0.3 is 5.97 Å². The first kappa shape index (κ1) is 21.9. The van der Waals surface area contributed by atoms with Gasteiger partial charge < -0.3 is 14.2 Å². The van der Waals surface area contributed by atoms with Crippen LogP contribution in [-0.2, 0) is 16.9 Å². The molecule has 0 unspecified atom stereocenters. The van der Waals surface area contributed by atoms with Crippen LogP contribution in [0.15, 0.2) is 72.9 Å². The van der Waals surface area contributed by atoms with Crippen molar-refractivity contribution >= 4 is 34.4 Å². The summed E-state index contributed by atoms with van der Waals surface area (Å²) in [4.78, 5) is 27.8. The monoisotopic (exact) mass is 488 g/mol. The van der Waals surface area contributed by atoms with Crippen molar-refractivity contribution in [2.24, 2.45) is 0 Å². The number of likely N-dealkylation sites (tertiary alicyclic amines) is 1. The standard InChI is InChI=1S/C28H22ClFN2O3/c29-19-8-9-21-23(17-32(25(21)15-19)16-18-4-3-5-20(30)14-18)26(33)31-12-10-28(11-13-31)24-7-2-1-6-22(24)27(34)35-28/h1-9,14-15,17H,10-13,16H2. The minimum absolute atomic E-state index is 0.0808. The Morgan fingerprint density at radius 1 is 1.03 bits per heavy atom. The molecule has 35 heavy (non-hydrogen) atoms. The van der Waals surface area contributed by atoms with Crippen LogP contribution in [0.4, 0.5) is 4.39 Å². The third-order valence-corrected chi connectivity index (χ3v) is 7.34. The molecule has 4 aromatic rings. The fraction of sp³-hybridized carbons (Fsp3) is 0.214. The molecule has 1 amide bonds. The van der Waals surface area contributed by atoms with Gasteiger partial charge in [-0.15, -0.1) is 0 Å². The molecular formula is C28H22ClFN2O3. The molecule has 0 atom stereocenters. The molecule has 176 valence electrons. The van der Waals surface area contributed by atoms with E-state index in [1.165, 1.54) is 12.1 Å². The predicted octanol–water partition coefficient (Wildman–Crippen LogP) is 5.78. The fourth-order valence-corrected chi connectivity index (χ4v) is 5.52. The Balaban J connectivity index is 1.29. The topological polar surface area (TPSA) is 51.5 Å². The number of carbonyl (C=O) groups excluding carboxylic acids is 2. The van der Waals surface area contributed by atoms with E-state index in [2.05, 4.69) is 0 Å². The Kier molecular flexibility index (Phi) is 5.15. The van der Waals surface area contributed by atoms with E-state index < -0.39 is 5.60 Å². The SMILES string of the molecule is O=C1OC2(CCN(C(=O)c3cn(Cc4cccc(F)c4)c4cc(Cl)ccc34)CC2)c2ccccc21. The molecule has 3 aromatic carbocycles. The van der Waals surface area contributed by atoms with Gasteiger partial charge in [0, 0.05) is 54.6 Å². The summed E-state index contributed by atoms with van der Waals surface area (Å²) in [5, 5.41) is 1.37. The largest absolute Gasteiger partial charge is 0.450 e. The zero-order chi connectivity index (χ0) is 24.2. The quantitative estimate of drug-likeness (QED) is 0.343. The summed E-state index contributed by atoms with van der Waals surface area (Å²) in [6.07, 6.45) is 2.92. The summed E-state index contributed by atoms with van der Waals surface area (Å²) in [5.41, 5.74) is 3.05. The smallest absolute Gasteiger partial charge is 0.339 e. The Morgan fingerprint density at radius 2 is 1.83 bits per heavy atom. The molecule has 7 heteroatoms. The van der Waals surface area contributed by atoms with E-state index in [9.17, 15) is 14.0 Å². The normalized spacial score (nSPS) is 16.5. The molecule has 1 saturated heterocycles. The number of rotatable bonds is 3. The van der Waals surface area contributed by atoms with Gasteiger partial charge in [-0.05, 0) is 35.9 Å². The van der Waals surface area contributed by atoms with E-state index in [-0.39, 0.29) is 17.7 Å². The van der Waals surface area contributed by atoms with Crippen LogP contribution in [0.3, 0.4) is 0 Å². The summed E-state index contributed by atoms with van der Waals surface area (Å²) in [5.74, 6) is -0.676. The summed E-state index contributed by atoms with van der Waals surface area (Å²) in [7, 11) is 0. The van der Waals surface area contributed by atoms with Crippen LogP contribution >= 0.6 is 11.6 Å². The molecule has 6 rings (SSSR count). The Labute approximate surface area is 206 Å². The van der Waals surface area contributed by atoms with Gasteiger partial charge in [-0.1, -0.05) is 48.0 Å². The first-order valence-corrected chi connectivity index (χ1v) is 12.0. The van der Waals surface area contributed by atoms with Crippen molar-refractivity contribution in [3.8, 4) is 0 Å². The summed E-state index contributed by atoms with van der Waals surface area (Å²) < 4.78 is 21.5. The van der Waals surface area contributed by atoms with Gasteiger partial charge in [0.2, 0.25) is 0 Å². The maximum atomic E-state index is 13.7. The van der Waals surface area contributed by atoms with Crippen LogP contribution in [0.5, 0.6) is 0 Å². The highest BCUT2D eigenvalue weighted by atomic mass is 35.5. The van der Waals surface area contributed by atoms with Crippen molar-refractivity contribution in [3.63, 3.8) is 0 Å². The molecule has 0 saturated carbocycles. The fourth-order valence-electron chi connectivity index (χ4n) is 5.36. The van der Waals surface area contributed by atoms with Gasteiger partial charge in [-0.3, -0.25) is 4.79 Å². The minimum atomic E-state index is -0.663. The Morgan fingerprint density at radius 3 is 2.63 bits per heavy atom. The predicted molar refractivity (Wildman–Crippen MR) is 131 cm³/mol. The lowest BCUT2D eigenvalue weighted by molar-refractivity contribution is -0.0389. The molecule has 1 spiro atoms. The average Bonchev–Trinajstić information content (AvgIpc) is 3.34. The second-order valence-electron chi connectivity index (χ2n) is 9.18. The van der Waals surface area contributed by atoms with Crippen molar-refractivity contribution in [3.05, 3.63) is 106 Å². The van der Waals surface area contributed by atoms with Gasteiger partial charge in [0.05, 0.1) is 16.6 Å². The molecule has 0 aliphatic carbocycles. The Hall–Kier alpha value is -3.64. The number of benzene rings is 3. The van der Waals surface area contributed by atoms with E-state index >= 15 is 0 Å². The number of nitrogens with zero attached hydrogens (tertiary/aromatic N) is 2. The number of esters is 1. The van der Waals surface area contributed by atoms with Gasteiger partial charge in [0.15, 0.2) is 0 Å². The lowest BCUT2D eigenvalue weighted by atomic mass is 9.83. The summed E-state index contributed by atoms with van der Waals surface area (Å²) in [6.45, 7) is 1.37. The third kappa shape index (κ3) is 3.69. The molecule has 0 radical (unpaired) electrons. The number of halogens is 2. The molecule has 1 aromatic heterocycles. The minimum Gasteiger partial charge on any atom is -0.450 e. The molecule has 5 nitrogen and oxygen atoms in total. The Bertz CT molecular complexity index is 1490. The van der Waals surface area contributed by atoms with E-state index in [1.54, 1.807) is 18.2 Å². The van der Waals surface area contributed by atoms with Crippen LogP contribution < -0.4 is 0 Å². The van der Waals surface area contributed by atoms with Crippen LogP contribution in [0.2, 0.25) is 5.02 Å². The number of piperidine rings is 1. The highest BCUT2D eigenvalue weighted by Gasteiger charge is 2.47. The van der Waals surface area contributed by atoms with Crippen molar-refractivity contribution in [2.45, 2.75) is 25.0 Å². The number of hydrogen-bond acceptors (Lipinski definition) is 3. The third-order valence-electron chi connectivity index (χ3n) is 7.10. The summed E-state index contributed by atoms with van der Waals surface area (Å²) in [6, 6.07) is 19.4. The average molecular weight is 489 g/mol. The van der Waals surface area contributed by atoms with Gasteiger partial charge in [0.25, 0.3) is 5.91 Å². The van der Waals surface area contributed by atoms with Crippen molar-refractivity contribution < 1.29 is 18.7 Å². The van der Waals surface area contributed by atoms with E-state index in [4.69, 9.17) is 16.3 Å². The molecule has 0 bridgehead atoms. The van der Waals surface area contributed by atoms with Crippen LogP contribution in [0, 0.1) is 5.82 Å². The number of fused-ring (bicyclic) bond motifs is 3. The van der Waals surface area contributed by atoms with Gasteiger partial charge in [-0.2, -0.15) is 0 Å². The summed E-state index contributed by atoms with van der Waals surface area (Å²) >= 11 is 6.27. The van der Waals surface area contributed by atoms with E-state index in [0.717, 1.165) is 22.0 Å². The molecule has 2 aliphatic rings. The molecule has 2 aliphatic heterocycles. The second-order valence-corrected chi connectivity index (χ2v) is 9.62. The number of amides is 1. The zero-order valence-electron chi connectivity index (χ0n) is 18.8. The molecule has 0 N–H and O–H groups in total. The van der Waals surface area contributed by atoms with Crippen molar-refractivity contribution in [1.82, 2.24) is 9.47 Å². The lowest BCUT2D eigenvalue weighted by Gasteiger charge is -2.38. The zero-order valence-corrected chi connectivity index (χ0v) is 19.6. The van der Waals surface area contributed by atoms with Crippen LogP contribution in [0.1, 0.15) is 44.7 Å². The number of ether oxygens (including phenoxy) is 1. The van der Waals surface area contributed by atoms with Gasteiger partial charge in [0.1, 0.15) is 11.4 Å². The maximum absolute atomic E-state index is 13.7. The molecule has 1 fully saturated rings. The second kappa shape index (κ2) is 8.24. The highest BCUT2D eigenvalue weighted by Crippen LogP contribution is 2.44. The number of aromatic nitrogens is 1. The van der Waals surface area contributed by atoms with Crippen LogP contribution in [0.25, 0.3) is 10.9 Å². The molecular weight excluding hydrogens is 467 g/mol. The highest BCUT2D eigenvalue weighted by molar-refractivity contribution is 6.31. The lowest BCUT2D eigenvalue weighted by Crippen LogP contribution is -2.45. The number of carbonyl (C=O) groups is 2. The molecule has 3 heterocycles. The number of hydrogen-bond donors (Lipinski definition) is 0. The first-order chi connectivity index (χ1) is 16.9. The van der Waals surface area contributed by atoms with Crippen LogP contribution in [-0.4, -0.2) is 34.4 Å². The van der Waals surface area contributed by atoms with E-state index in [1.807, 2.05) is 52.1 Å². The van der Waals surface area contributed by atoms with Crippen molar-refractivity contribution in [1.29, 1.82) is 0 Å².